The van der Waals surface area contributed by atoms with Crippen molar-refractivity contribution in [1.82, 2.24) is 9.97 Å². The van der Waals surface area contributed by atoms with E-state index in [9.17, 15) is 9.18 Å². The maximum Gasteiger partial charge on any atom is 0.308 e. The second kappa shape index (κ2) is 4.65. The Labute approximate surface area is 98.3 Å². The number of piperidine rings is 1. The maximum atomic E-state index is 12.7. The Morgan fingerprint density at radius 1 is 1.47 bits per heavy atom. The fourth-order valence-corrected chi connectivity index (χ4v) is 2.16. The summed E-state index contributed by atoms with van der Waals surface area (Å²) in [7, 11) is 0. The number of carbonyl (C=O) groups is 1. The van der Waals surface area contributed by atoms with Crippen LogP contribution in [-0.4, -0.2) is 34.1 Å². The summed E-state index contributed by atoms with van der Waals surface area (Å²) >= 11 is 0. The van der Waals surface area contributed by atoms with Gasteiger partial charge in [-0.1, -0.05) is 6.92 Å². The molecule has 5 nitrogen and oxygen atoms in total. The van der Waals surface area contributed by atoms with E-state index in [1.165, 1.54) is 0 Å². The van der Waals surface area contributed by atoms with Crippen LogP contribution in [0, 0.1) is 17.7 Å². The Morgan fingerprint density at radius 2 is 2.12 bits per heavy atom. The van der Waals surface area contributed by atoms with Gasteiger partial charge in [-0.05, 0) is 12.3 Å². The zero-order valence-corrected chi connectivity index (χ0v) is 9.51. The highest BCUT2D eigenvalue weighted by Gasteiger charge is 2.30. The van der Waals surface area contributed by atoms with Crippen LogP contribution < -0.4 is 4.90 Å². The molecule has 17 heavy (non-hydrogen) atoms. The second-order valence-electron chi connectivity index (χ2n) is 4.48. The number of aliphatic carboxylic acids is 1. The van der Waals surface area contributed by atoms with Gasteiger partial charge in [-0.15, -0.1) is 0 Å². The van der Waals surface area contributed by atoms with Gasteiger partial charge in [-0.3, -0.25) is 4.79 Å². The first-order valence-corrected chi connectivity index (χ1v) is 5.51. The fraction of sp³-hybridized carbons (Fsp3) is 0.545. The Balaban J connectivity index is 2.15. The van der Waals surface area contributed by atoms with Gasteiger partial charge in [-0.25, -0.2) is 14.4 Å². The number of aromatic nitrogens is 2. The third kappa shape index (κ3) is 2.69. The van der Waals surface area contributed by atoms with Crippen molar-refractivity contribution >= 4 is 11.9 Å². The number of carboxylic acids is 1. The lowest BCUT2D eigenvalue weighted by atomic mass is 9.91. The summed E-state index contributed by atoms with van der Waals surface area (Å²) in [6.07, 6.45) is 2.85. The molecule has 0 aliphatic carbocycles. The van der Waals surface area contributed by atoms with Gasteiger partial charge >= 0.3 is 5.97 Å². The molecule has 0 amide bonds. The minimum Gasteiger partial charge on any atom is -0.481 e. The normalized spacial score (nSPS) is 24.7. The van der Waals surface area contributed by atoms with Crippen molar-refractivity contribution < 1.29 is 14.3 Å². The van der Waals surface area contributed by atoms with Gasteiger partial charge in [-0.2, -0.15) is 0 Å². The van der Waals surface area contributed by atoms with E-state index in [2.05, 4.69) is 9.97 Å². The highest BCUT2D eigenvalue weighted by Crippen LogP contribution is 2.24. The number of halogens is 1. The van der Waals surface area contributed by atoms with Crippen LogP contribution in [0.2, 0.25) is 0 Å². The Hall–Kier alpha value is -1.72. The molecule has 0 radical (unpaired) electrons. The maximum absolute atomic E-state index is 12.7. The number of nitrogens with zero attached hydrogens (tertiary/aromatic N) is 3. The molecule has 0 bridgehead atoms. The zero-order chi connectivity index (χ0) is 12.4. The van der Waals surface area contributed by atoms with Gasteiger partial charge in [0.1, 0.15) is 0 Å². The number of hydrogen-bond donors (Lipinski definition) is 1. The molecule has 92 valence electrons. The van der Waals surface area contributed by atoms with E-state index in [1.54, 1.807) is 4.90 Å². The van der Waals surface area contributed by atoms with Crippen LogP contribution in [0.4, 0.5) is 10.3 Å². The highest BCUT2D eigenvalue weighted by atomic mass is 19.1. The predicted octanol–water partition coefficient (Wildman–Crippen LogP) is 1.16. The van der Waals surface area contributed by atoms with Crippen molar-refractivity contribution in [3.63, 3.8) is 0 Å². The van der Waals surface area contributed by atoms with Crippen LogP contribution in [0.3, 0.4) is 0 Å². The molecule has 2 heterocycles. The average molecular weight is 239 g/mol. The lowest BCUT2D eigenvalue weighted by Gasteiger charge is -2.34. The lowest BCUT2D eigenvalue weighted by molar-refractivity contribution is -0.142. The van der Waals surface area contributed by atoms with E-state index in [-0.39, 0.29) is 5.92 Å². The quantitative estimate of drug-likeness (QED) is 0.839. The molecule has 1 N–H and O–H groups in total. The topological polar surface area (TPSA) is 66.3 Å². The number of anilines is 1. The molecule has 1 fully saturated rings. The minimum absolute atomic E-state index is 0.263. The molecule has 0 aromatic carbocycles. The second-order valence-corrected chi connectivity index (χ2v) is 4.48. The average Bonchev–Trinajstić information content (AvgIpc) is 2.29. The van der Waals surface area contributed by atoms with Gasteiger partial charge in [0.05, 0.1) is 18.3 Å². The number of hydrogen-bond acceptors (Lipinski definition) is 4. The zero-order valence-electron chi connectivity index (χ0n) is 9.51. The Kier molecular flexibility index (Phi) is 3.21. The van der Waals surface area contributed by atoms with Crippen LogP contribution in [0.25, 0.3) is 0 Å². The third-order valence-corrected chi connectivity index (χ3v) is 2.90. The van der Waals surface area contributed by atoms with Crippen molar-refractivity contribution in [1.29, 1.82) is 0 Å². The van der Waals surface area contributed by atoms with Crippen molar-refractivity contribution in [3.05, 3.63) is 18.2 Å². The smallest absolute Gasteiger partial charge is 0.308 e. The van der Waals surface area contributed by atoms with Crippen molar-refractivity contribution in [3.8, 4) is 0 Å². The molecular weight excluding hydrogens is 225 g/mol. The molecule has 1 aliphatic heterocycles. The van der Waals surface area contributed by atoms with E-state index < -0.39 is 17.7 Å². The molecule has 2 unspecified atom stereocenters. The summed E-state index contributed by atoms with van der Waals surface area (Å²) in [6, 6.07) is 0. The summed E-state index contributed by atoms with van der Waals surface area (Å²) in [5.74, 6) is -1.05. The van der Waals surface area contributed by atoms with Gasteiger partial charge in [0.15, 0.2) is 5.82 Å². The van der Waals surface area contributed by atoms with Crippen molar-refractivity contribution in [2.45, 2.75) is 13.3 Å². The molecule has 1 aromatic rings. The molecule has 1 aromatic heterocycles. The monoisotopic (exact) mass is 239 g/mol. The van der Waals surface area contributed by atoms with Gasteiger partial charge in [0.2, 0.25) is 5.95 Å². The van der Waals surface area contributed by atoms with Crippen LogP contribution in [-0.2, 0) is 4.79 Å². The van der Waals surface area contributed by atoms with E-state index in [4.69, 9.17) is 5.11 Å². The number of rotatable bonds is 2. The summed E-state index contributed by atoms with van der Waals surface area (Å²) < 4.78 is 12.7. The van der Waals surface area contributed by atoms with E-state index in [0.717, 1.165) is 12.4 Å². The minimum atomic E-state index is -0.802. The van der Waals surface area contributed by atoms with Crippen molar-refractivity contribution in [2.75, 3.05) is 18.0 Å². The standard InChI is InChI=1S/C11H14FN3O2/c1-7-2-8(10(16)17)6-15(5-7)11-13-3-9(12)4-14-11/h3-4,7-8H,2,5-6H2,1H3,(H,16,17). The largest absolute Gasteiger partial charge is 0.481 e. The predicted molar refractivity (Wildman–Crippen MR) is 59.1 cm³/mol. The summed E-state index contributed by atoms with van der Waals surface area (Å²) in [5, 5.41) is 9.04. The van der Waals surface area contributed by atoms with Gasteiger partial charge in [0, 0.05) is 13.1 Å². The SMILES string of the molecule is CC1CC(C(=O)O)CN(c2ncc(F)cn2)C1. The first-order valence-electron chi connectivity index (χ1n) is 5.51. The summed E-state index contributed by atoms with van der Waals surface area (Å²) in [6.45, 7) is 3.08. The number of carboxylic acid groups (broad SMARTS) is 1. The summed E-state index contributed by atoms with van der Waals surface area (Å²) in [5.41, 5.74) is 0. The van der Waals surface area contributed by atoms with Crippen LogP contribution in [0.1, 0.15) is 13.3 Å². The molecule has 1 saturated heterocycles. The fourth-order valence-electron chi connectivity index (χ4n) is 2.16. The van der Waals surface area contributed by atoms with E-state index in [1.807, 2.05) is 6.92 Å². The molecular formula is C11H14FN3O2. The first kappa shape index (κ1) is 11.8. The molecule has 2 rings (SSSR count). The van der Waals surface area contributed by atoms with E-state index >= 15 is 0 Å². The molecule has 2 atom stereocenters. The molecule has 1 aliphatic rings. The molecule has 0 saturated carbocycles. The Morgan fingerprint density at radius 3 is 2.71 bits per heavy atom. The van der Waals surface area contributed by atoms with Crippen LogP contribution >= 0.6 is 0 Å². The van der Waals surface area contributed by atoms with Crippen LogP contribution in [0.5, 0.6) is 0 Å². The third-order valence-electron chi connectivity index (χ3n) is 2.90. The van der Waals surface area contributed by atoms with Gasteiger partial charge in [0.25, 0.3) is 0 Å². The lowest BCUT2D eigenvalue weighted by Crippen LogP contribution is -2.43. The van der Waals surface area contributed by atoms with Crippen LogP contribution in [0.15, 0.2) is 12.4 Å². The van der Waals surface area contributed by atoms with E-state index in [0.29, 0.717) is 25.5 Å². The molecule has 0 spiro atoms. The molecule has 6 heteroatoms. The summed E-state index contributed by atoms with van der Waals surface area (Å²) in [4.78, 5) is 20.6. The Bertz CT molecular complexity index is 410. The highest BCUT2D eigenvalue weighted by molar-refractivity contribution is 5.71. The van der Waals surface area contributed by atoms with Crippen molar-refractivity contribution in [2.24, 2.45) is 11.8 Å². The first-order chi connectivity index (χ1) is 8.06. The van der Waals surface area contributed by atoms with Gasteiger partial charge < -0.3 is 10.0 Å².